The number of aryl methyl sites for hydroxylation is 1. The summed E-state index contributed by atoms with van der Waals surface area (Å²) in [5.74, 6) is 6.42. The minimum absolute atomic E-state index is 0.0837. The third kappa shape index (κ3) is 4.19. The highest BCUT2D eigenvalue weighted by molar-refractivity contribution is 7.10. The second-order valence-electron chi connectivity index (χ2n) is 4.00. The Morgan fingerprint density at radius 3 is 3.20 bits per heavy atom. The zero-order chi connectivity index (χ0) is 14.2. The lowest BCUT2D eigenvalue weighted by molar-refractivity contribution is 0.0953. The van der Waals surface area contributed by atoms with Gasteiger partial charge in [0.25, 0.3) is 5.91 Å². The van der Waals surface area contributed by atoms with Gasteiger partial charge in [0.15, 0.2) is 0 Å². The summed E-state index contributed by atoms with van der Waals surface area (Å²) in [6.07, 6.45) is 3.05. The molecule has 0 saturated heterocycles. The molecule has 104 valence electrons. The van der Waals surface area contributed by atoms with E-state index in [0.29, 0.717) is 18.7 Å². The summed E-state index contributed by atoms with van der Waals surface area (Å²) >= 11 is 1.44. The molecule has 0 aliphatic carbocycles. The molecular formula is C13H15N5OS. The Balaban J connectivity index is 1.75. The third-order valence-electron chi connectivity index (χ3n) is 2.52. The minimum Gasteiger partial charge on any atom is -0.352 e. The van der Waals surface area contributed by atoms with Crippen LogP contribution in [0.1, 0.15) is 27.5 Å². The topological polar surface area (TPSA) is 96.7 Å². The normalized spacial score (nSPS) is 9.85. The molecule has 0 unspecified atom stereocenters. The highest BCUT2D eigenvalue weighted by Gasteiger charge is 2.07. The maximum atomic E-state index is 11.9. The summed E-state index contributed by atoms with van der Waals surface area (Å²) in [4.78, 5) is 16.7. The van der Waals surface area contributed by atoms with E-state index in [1.807, 2.05) is 0 Å². The van der Waals surface area contributed by atoms with Gasteiger partial charge in [0.1, 0.15) is 12.2 Å². The first kappa shape index (κ1) is 14.2. The van der Waals surface area contributed by atoms with Crippen molar-refractivity contribution in [2.24, 2.45) is 5.73 Å². The number of nitrogens with one attached hydrogen (secondary N) is 2. The molecule has 0 spiro atoms. The fraction of sp³-hybridized carbons (Fsp3) is 0.308. The zero-order valence-electron chi connectivity index (χ0n) is 10.8. The molecule has 0 atom stereocenters. The summed E-state index contributed by atoms with van der Waals surface area (Å²) in [6, 6.07) is 1.78. The molecule has 20 heavy (non-hydrogen) atoms. The van der Waals surface area contributed by atoms with Crippen LogP contribution >= 0.6 is 11.3 Å². The van der Waals surface area contributed by atoms with Crippen LogP contribution in [-0.2, 0) is 6.42 Å². The Bertz CT molecular complexity index is 608. The average Bonchev–Trinajstić information content (AvgIpc) is 3.12. The quantitative estimate of drug-likeness (QED) is 0.553. The van der Waals surface area contributed by atoms with Crippen LogP contribution in [0.4, 0.5) is 0 Å². The molecule has 0 aliphatic heterocycles. The third-order valence-corrected chi connectivity index (χ3v) is 3.36. The molecule has 0 saturated carbocycles. The average molecular weight is 289 g/mol. The molecule has 0 aromatic carbocycles. The lowest BCUT2D eigenvalue weighted by Gasteiger charge is -2.02. The molecule has 1 amide bonds. The van der Waals surface area contributed by atoms with Gasteiger partial charge in [0.05, 0.1) is 17.0 Å². The summed E-state index contributed by atoms with van der Waals surface area (Å²) in [5.41, 5.74) is 5.94. The van der Waals surface area contributed by atoms with E-state index in [0.717, 1.165) is 23.5 Å². The molecule has 6 nitrogen and oxygen atoms in total. The number of carbonyl (C=O) groups is 1. The van der Waals surface area contributed by atoms with Crippen molar-refractivity contribution in [2.75, 3.05) is 13.1 Å². The van der Waals surface area contributed by atoms with Crippen LogP contribution in [0.25, 0.3) is 0 Å². The van der Waals surface area contributed by atoms with Gasteiger partial charge in [0.2, 0.25) is 0 Å². The van der Waals surface area contributed by atoms with Gasteiger partial charge in [-0.1, -0.05) is 11.8 Å². The first-order valence-corrected chi connectivity index (χ1v) is 7.07. The molecule has 7 heteroatoms. The van der Waals surface area contributed by atoms with Gasteiger partial charge in [0, 0.05) is 18.3 Å². The van der Waals surface area contributed by atoms with Crippen molar-refractivity contribution in [3.8, 4) is 11.8 Å². The molecule has 0 radical (unpaired) electrons. The van der Waals surface area contributed by atoms with E-state index in [1.54, 1.807) is 11.4 Å². The Morgan fingerprint density at radius 1 is 1.55 bits per heavy atom. The number of H-pyrrole nitrogens is 1. The monoisotopic (exact) mass is 289 g/mol. The second-order valence-corrected chi connectivity index (χ2v) is 4.91. The number of amides is 1. The Kier molecular flexibility index (Phi) is 5.29. The highest BCUT2D eigenvalue weighted by Crippen LogP contribution is 2.13. The SMILES string of the molecule is NCC#Cc1cc(C(=O)NCCCc2ncn[nH]2)cs1. The van der Waals surface area contributed by atoms with E-state index < -0.39 is 0 Å². The van der Waals surface area contributed by atoms with Crippen molar-refractivity contribution in [1.82, 2.24) is 20.5 Å². The molecule has 0 fully saturated rings. The number of aromatic amines is 1. The second kappa shape index (κ2) is 7.43. The summed E-state index contributed by atoms with van der Waals surface area (Å²) in [6.45, 7) is 0.917. The minimum atomic E-state index is -0.0837. The number of nitrogens with zero attached hydrogens (tertiary/aromatic N) is 2. The zero-order valence-corrected chi connectivity index (χ0v) is 11.7. The Labute approximate surface area is 120 Å². The van der Waals surface area contributed by atoms with Crippen molar-refractivity contribution in [3.63, 3.8) is 0 Å². The smallest absolute Gasteiger partial charge is 0.252 e. The van der Waals surface area contributed by atoms with E-state index in [2.05, 4.69) is 32.3 Å². The van der Waals surface area contributed by atoms with Gasteiger partial charge in [-0.2, -0.15) is 5.10 Å². The molecule has 2 aromatic heterocycles. The number of rotatable bonds is 5. The Hall–Kier alpha value is -2.17. The predicted molar refractivity (Wildman–Crippen MR) is 77.3 cm³/mol. The number of nitrogens with two attached hydrogens (primary N) is 1. The summed E-state index contributed by atoms with van der Waals surface area (Å²) in [7, 11) is 0. The lowest BCUT2D eigenvalue weighted by Crippen LogP contribution is -2.24. The van der Waals surface area contributed by atoms with E-state index in [4.69, 9.17) is 5.73 Å². The molecular weight excluding hydrogens is 274 g/mol. The number of hydrogen-bond acceptors (Lipinski definition) is 5. The fourth-order valence-electron chi connectivity index (χ4n) is 1.57. The highest BCUT2D eigenvalue weighted by atomic mass is 32.1. The lowest BCUT2D eigenvalue weighted by atomic mass is 10.2. The van der Waals surface area contributed by atoms with Gasteiger partial charge < -0.3 is 11.1 Å². The summed E-state index contributed by atoms with van der Waals surface area (Å²) in [5, 5.41) is 11.2. The van der Waals surface area contributed by atoms with Crippen molar-refractivity contribution >= 4 is 17.2 Å². The van der Waals surface area contributed by atoms with Gasteiger partial charge in [-0.05, 0) is 12.5 Å². The van der Waals surface area contributed by atoms with Crippen molar-refractivity contribution in [1.29, 1.82) is 0 Å². The number of thiophene rings is 1. The maximum Gasteiger partial charge on any atom is 0.252 e. The van der Waals surface area contributed by atoms with Crippen LogP contribution < -0.4 is 11.1 Å². The summed E-state index contributed by atoms with van der Waals surface area (Å²) < 4.78 is 0. The molecule has 4 N–H and O–H groups in total. The standard InChI is InChI=1S/C13H15N5OS/c14-5-1-3-11-7-10(8-20-11)13(19)15-6-2-4-12-16-9-17-18-12/h7-9H,2,4-6,14H2,(H,15,19)(H,16,17,18). The van der Waals surface area contributed by atoms with Gasteiger partial charge in [-0.25, -0.2) is 4.98 Å². The van der Waals surface area contributed by atoms with Gasteiger partial charge in [-0.15, -0.1) is 11.3 Å². The van der Waals surface area contributed by atoms with E-state index in [-0.39, 0.29) is 5.91 Å². The first-order valence-electron chi connectivity index (χ1n) is 6.19. The predicted octanol–water partition coefficient (Wildman–Crippen LogP) is 0.539. The van der Waals surface area contributed by atoms with E-state index in [9.17, 15) is 4.79 Å². The van der Waals surface area contributed by atoms with Crippen LogP contribution in [0.15, 0.2) is 17.8 Å². The number of hydrogen-bond donors (Lipinski definition) is 3. The largest absolute Gasteiger partial charge is 0.352 e. The molecule has 2 heterocycles. The molecule has 0 aliphatic rings. The van der Waals surface area contributed by atoms with Crippen LogP contribution in [0.5, 0.6) is 0 Å². The van der Waals surface area contributed by atoms with Crippen LogP contribution in [0.3, 0.4) is 0 Å². The molecule has 0 bridgehead atoms. The maximum absolute atomic E-state index is 11.9. The van der Waals surface area contributed by atoms with Crippen LogP contribution in [0, 0.1) is 11.8 Å². The number of aromatic nitrogens is 3. The number of carbonyl (C=O) groups excluding carboxylic acids is 1. The van der Waals surface area contributed by atoms with Gasteiger partial charge >= 0.3 is 0 Å². The first-order chi connectivity index (χ1) is 9.79. The van der Waals surface area contributed by atoms with Crippen LogP contribution in [-0.4, -0.2) is 34.2 Å². The van der Waals surface area contributed by atoms with E-state index >= 15 is 0 Å². The fourth-order valence-corrected chi connectivity index (χ4v) is 2.33. The van der Waals surface area contributed by atoms with Crippen LogP contribution in [0.2, 0.25) is 0 Å². The van der Waals surface area contributed by atoms with Crippen molar-refractivity contribution in [2.45, 2.75) is 12.8 Å². The molecule has 2 rings (SSSR count). The Morgan fingerprint density at radius 2 is 2.45 bits per heavy atom. The van der Waals surface area contributed by atoms with E-state index in [1.165, 1.54) is 17.7 Å². The van der Waals surface area contributed by atoms with Crippen molar-refractivity contribution < 1.29 is 4.79 Å². The molecule has 2 aromatic rings. The van der Waals surface area contributed by atoms with Gasteiger partial charge in [-0.3, -0.25) is 9.89 Å². The van der Waals surface area contributed by atoms with Crippen molar-refractivity contribution in [3.05, 3.63) is 34.0 Å².